The Morgan fingerprint density at radius 1 is 1.18 bits per heavy atom. The first kappa shape index (κ1) is 20.1. The van der Waals surface area contributed by atoms with Crippen LogP contribution in [0.2, 0.25) is 0 Å². The maximum absolute atomic E-state index is 12.7. The first-order chi connectivity index (χ1) is 13.4. The van der Waals surface area contributed by atoms with Gasteiger partial charge in [0.25, 0.3) is 5.91 Å². The van der Waals surface area contributed by atoms with Crippen molar-refractivity contribution in [2.24, 2.45) is 0 Å². The van der Waals surface area contributed by atoms with Crippen molar-refractivity contribution in [1.82, 2.24) is 5.32 Å². The lowest BCUT2D eigenvalue weighted by atomic mass is 10.0. The number of amides is 3. The van der Waals surface area contributed by atoms with Crippen molar-refractivity contribution in [2.45, 2.75) is 46.5 Å². The summed E-state index contributed by atoms with van der Waals surface area (Å²) >= 11 is 1.42. The zero-order valence-corrected chi connectivity index (χ0v) is 17.1. The molecule has 0 saturated carbocycles. The van der Waals surface area contributed by atoms with Gasteiger partial charge in [-0.15, -0.1) is 11.3 Å². The van der Waals surface area contributed by atoms with Gasteiger partial charge in [-0.3, -0.25) is 14.9 Å². The fraction of sp³-hybridized carbons (Fsp3) is 0.381. The quantitative estimate of drug-likeness (QED) is 0.797. The van der Waals surface area contributed by atoms with Crippen LogP contribution in [0, 0.1) is 13.8 Å². The molecule has 0 unspecified atom stereocenters. The van der Waals surface area contributed by atoms with E-state index in [9.17, 15) is 14.4 Å². The number of anilines is 1. The van der Waals surface area contributed by atoms with E-state index in [1.165, 1.54) is 11.3 Å². The summed E-state index contributed by atoms with van der Waals surface area (Å²) in [5.74, 6) is -0.710. The molecule has 0 spiro atoms. The number of ether oxygens (including phenoxy) is 1. The van der Waals surface area contributed by atoms with Crippen molar-refractivity contribution in [2.75, 3.05) is 11.9 Å². The van der Waals surface area contributed by atoms with Gasteiger partial charge in [0, 0.05) is 4.88 Å². The first-order valence-corrected chi connectivity index (χ1v) is 10.2. The number of rotatable bonds is 5. The monoisotopic (exact) mass is 400 g/mol. The minimum absolute atomic E-state index is 0.181. The topological polar surface area (TPSA) is 84.5 Å². The van der Waals surface area contributed by atoms with Gasteiger partial charge < -0.3 is 10.1 Å². The van der Waals surface area contributed by atoms with Gasteiger partial charge in [-0.25, -0.2) is 4.79 Å². The third kappa shape index (κ3) is 4.42. The summed E-state index contributed by atoms with van der Waals surface area (Å²) in [4.78, 5) is 38.0. The summed E-state index contributed by atoms with van der Waals surface area (Å²) < 4.78 is 4.80. The minimum atomic E-state index is -0.780. The molecule has 7 heteroatoms. The average molecular weight is 401 g/mol. The molecule has 1 heterocycles. The van der Waals surface area contributed by atoms with Crippen LogP contribution in [0.25, 0.3) is 0 Å². The second-order valence-electron chi connectivity index (χ2n) is 6.89. The van der Waals surface area contributed by atoms with Crippen LogP contribution < -0.4 is 10.6 Å². The van der Waals surface area contributed by atoms with Gasteiger partial charge in [0.2, 0.25) is 5.91 Å². The molecule has 2 N–H and O–H groups in total. The normalized spacial score (nSPS) is 12.4. The highest BCUT2D eigenvalue weighted by Gasteiger charge is 2.28. The van der Waals surface area contributed by atoms with Crippen molar-refractivity contribution < 1.29 is 19.1 Å². The summed E-state index contributed by atoms with van der Waals surface area (Å²) in [5.41, 5.74) is 4.42. The second kappa shape index (κ2) is 8.56. The molecule has 3 amide bonds. The Morgan fingerprint density at radius 3 is 2.71 bits per heavy atom. The molecule has 0 saturated heterocycles. The van der Waals surface area contributed by atoms with Crippen LogP contribution in [-0.2, 0) is 28.8 Å². The molecule has 28 heavy (non-hydrogen) atoms. The van der Waals surface area contributed by atoms with E-state index in [4.69, 9.17) is 4.74 Å². The molecule has 6 nitrogen and oxygen atoms in total. The van der Waals surface area contributed by atoms with Gasteiger partial charge in [-0.05, 0) is 56.7 Å². The molecule has 3 rings (SSSR count). The summed E-state index contributed by atoms with van der Waals surface area (Å²) in [6.45, 7) is 5.81. The molecule has 0 bridgehead atoms. The number of hydrogen-bond donors (Lipinski definition) is 2. The van der Waals surface area contributed by atoms with Gasteiger partial charge in [0.15, 0.2) is 0 Å². The van der Waals surface area contributed by atoms with Gasteiger partial charge in [-0.2, -0.15) is 0 Å². The molecular weight excluding hydrogens is 376 g/mol. The number of aryl methyl sites for hydroxylation is 3. The molecule has 0 atom stereocenters. The van der Waals surface area contributed by atoms with Crippen LogP contribution in [-0.4, -0.2) is 24.5 Å². The lowest BCUT2D eigenvalue weighted by Gasteiger charge is -2.10. The van der Waals surface area contributed by atoms with Crippen LogP contribution in [0.15, 0.2) is 18.2 Å². The Hall–Kier alpha value is -2.67. The van der Waals surface area contributed by atoms with Gasteiger partial charge >= 0.3 is 6.09 Å². The maximum atomic E-state index is 12.7. The number of carbonyl (C=O) groups is 3. The third-order valence-corrected chi connectivity index (χ3v) is 5.96. The maximum Gasteiger partial charge on any atom is 0.414 e. The zero-order valence-electron chi connectivity index (χ0n) is 16.3. The number of hydrogen-bond acceptors (Lipinski definition) is 5. The average Bonchev–Trinajstić information content (AvgIpc) is 3.18. The van der Waals surface area contributed by atoms with E-state index in [0.717, 1.165) is 46.4 Å². The number of nitrogens with one attached hydrogen (secondary N) is 2. The molecule has 1 aliphatic rings. The van der Waals surface area contributed by atoms with Crippen molar-refractivity contribution >= 4 is 34.2 Å². The Kier molecular flexibility index (Phi) is 6.14. The predicted molar refractivity (Wildman–Crippen MR) is 109 cm³/mol. The third-order valence-electron chi connectivity index (χ3n) is 4.75. The van der Waals surface area contributed by atoms with E-state index >= 15 is 0 Å². The van der Waals surface area contributed by atoms with Crippen LogP contribution in [0.3, 0.4) is 0 Å². The highest BCUT2D eigenvalue weighted by Crippen LogP contribution is 2.39. The van der Waals surface area contributed by atoms with Crippen LogP contribution >= 0.6 is 11.3 Å². The van der Waals surface area contributed by atoms with E-state index in [1.54, 1.807) is 6.92 Å². The fourth-order valence-electron chi connectivity index (χ4n) is 3.39. The minimum Gasteiger partial charge on any atom is -0.450 e. The van der Waals surface area contributed by atoms with E-state index in [1.807, 2.05) is 32.0 Å². The molecule has 0 radical (unpaired) electrons. The number of benzene rings is 1. The Bertz CT molecular complexity index is 933. The van der Waals surface area contributed by atoms with E-state index < -0.39 is 12.0 Å². The Labute approximate surface area is 168 Å². The van der Waals surface area contributed by atoms with Gasteiger partial charge in [0.1, 0.15) is 5.00 Å². The second-order valence-corrected chi connectivity index (χ2v) is 8.00. The number of imide groups is 1. The fourth-order valence-corrected chi connectivity index (χ4v) is 4.69. The molecule has 0 fully saturated rings. The first-order valence-electron chi connectivity index (χ1n) is 9.37. The molecule has 2 aromatic rings. The summed E-state index contributed by atoms with van der Waals surface area (Å²) in [6, 6.07) is 6.01. The van der Waals surface area contributed by atoms with Crippen molar-refractivity contribution in [3.63, 3.8) is 0 Å². The number of alkyl carbamates (subject to hydrolysis) is 1. The van der Waals surface area contributed by atoms with Gasteiger partial charge in [0.05, 0.1) is 18.6 Å². The van der Waals surface area contributed by atoms with Crippen molar-refractivity contribution in [1.29, 1.82) is 0 Å². The highest BCUT2D eigenvalue weighted by molar-refractivity contribution is 7.17. The van der Waals surface area contributed by atoms with Crippen LogP contribution in [0.5, 0.6) is 0 Å². The van der Waals surface area contributed by atoms with Crippen LogP contribution in [0.1, 0.15) is 50.8 Å². The number of fused-ring (bicyclic) bond motifs is 1. The smallest absolute Gasteiger partial charge is 0.414 e. The predicted octanol–water partition coefficient (Wildman–Crippen LogP) is 3.92. The van der Waals surface area contributed by atoms with Gasteiger partial charge in [-0.1, -0.05) is 23.8 Å². The van der Waals surface area contributed by atoms with E-state index in [0.29, 0.717) is 10.6 Å². The van der Waals surface area contributed by atoms with E-state index in [-0.39, 0.29) is 18.9 Å². The summed E-state index contributed by atoms with van der Waals surface area (Å²) in [5, 5.41) is 5.64. The Balaban J connectivity index is 1.80. The summed E-state index contributed by atoms with van der Waals surface area (Å²) in [7, 11) is 0. The van der Waals surface area contributed by atoms with Crippen molar-refractivity contribution in [3.8, 4) is 0 Å². The SMILES string of the molecule is CCOC(=O)NC(=O)c1c(NC(=O)Cc2cc(C)ccc2C)sc2c1CCC2. The summed E-state index contributed by atoms with van der Waals surface area (Å²) in [6.07, 6.45) is 2.07. The highest BCUT2D eigenvalue weighted by atomic mass is 32.1. The zero-order chi connectivity index (χ0) is 20.3. The lowest BCUT2D eigenvalue weighted by Crippen LogP contribution is -2.32. The molecule has 1 aliphatic carbocycles. The van der Waals surface area contributed by atoms with E-state index in [2.05, 4.69) is 10.6 Å². The lowest BCUT2D eigenvalue weighted by molar-refractivity contribution is -0.115. The molecular formula is C21H24N2O4S. The molecule has 0 aliphatic heterocycles. The number of thiophene rings is 1. The standard InChI is InChI=1S/C21H24N2O4S/c1-4-27-21(26)23-19(25)18-15-6-5-7-16(15)28-20(18)22-17(24)11-14-10-12(2)8-9-13(14)3/h8-10H,4-7,11H2,1-3H3,(H,22,24)(H,23,25,26). The number of carbonyl (C=O) groups excluding carboxylic acids is 3. The Morgan fingerprint density at radius 2 is 1.96 bits per heavy atom. The molecule has 148 valence electrons. The largest absolute Gasteiger partial charge is 0.450 e. The molecule has 1 aromatic carbocycles. The van der Waals surface area contributed by atoms with Crippen LogP contribution in [0.4, 0.5) is 9.80 Å². The van der Waals surface area contributed by atoms with Crippen molar-refractivity contribution in [3.05, 3.63) is 50.9 Å². The molecule has 1 aromatic heterocycles.